The molecule has 2 atom stereocenters. The topological polar surface area (TPSA) is 231 Å². The molecule has 1 fully saturated rings. The molecule has 18 nitrogen and oxygen atoms in total. The molecule has 0 saturated carbocycles. The quantitative estimate of drug-likeness (QED) is 0.0462. The van der Waals surface area contributed by atoms with Gasteiger partial charge in [0.1, 0.15) is 12.3 Å². The average molecular weight is 648 g/mol. The molecule has 0 radical (unpaired) electrons. The van der Waals surface area contributed by atoms with Gasteiger partial charge in [-0.05, 0) is 20.0 Å². The Morgan fingerprint density at radius 2 is 1.42 bits per heavy atom. The van der Waals surface area contributed by atoms with Gasteiger partial charge in [-0.3, -0.25) is 43.6 Å². The van der Waals surface area contributed by atoms with E-state index < -0.39 is 42.4 Å². The molecule has 0 aromatic heterocycles. The van der Waals surface area contributed by atoms with Crippen molar-refractivity contribution in [1.82, 2.24) is 35.6 Å². The molecule has 0 aromatic carbocycles. The van der Waals surface area contributed by atoms with Crippen molar-refractivity contribution < 1.29 is 53.6 Å². The van der Waals surface area contributed by atoms with Gasteiger partial charge in [-0.2, -0.15) is 0 Å². The van der Waals surface area contributed by atoms with Crippen LogP contribution in [-0.4, -0.2) is 176 Å². The monoisotopic (exact) mass is 647 g/mol. The Bertz CT molecular complexity index is 943. The first-order valence-electron chi connectivity index (χ1n) is 14.9. The summed E-state index contributed by atoms with van der Waals surface area (Å²) in [5, 5.41) is 37.2. The van der Waals surface area contributed by atoms with E-state index in [0.717, 1.165) is 0 Å². The van der Waals surface area contributed by atoms with Crippen molar-refractivity contribution in [2.24, 2.45) is 0 Å². The third-order valence-corrected chi connectivity index (χ3v) is 6.65. The van der Waals surface area contributed by atoms with Crippen molar-refractivity contribution >= 4 is 36.0 Å². The van der Waals surface area contributed by atoms with Crippen LogP contribution in [0.3, 0.4) is 0 Å². The van der Waals surface area contributed by atoms with Crippen LogP contribution in [0.25, 0.3) is 0 Å². The van der Waals surface area contributed by atoms with Crippen LogP contribution in [0, 0.1) is 0 Å². The lowest BCUT2D eigenvalue weighted by Crippen LogP contribution is -2.59. The Balaban J connectivity index is 2.85. The molecular weight excluding hydrogens is 598 g/mol. The molecule has 0 aromatic rings. The predicted molar refractivity (Wildman–Crippen MR) is 159 cm³/mol. The smallest absolute Gasteiger partial charge is 0.321 e. The molecule has 2 amide bonds. The summed E-state index contributed by atoms with van der Waals surface area (Å²) in [6.07, 6.45) is 0.724. The van der Waals surface area contributed by atoms with Crippen LogP contribution < -0.4 is 16.0 Å². The summed E-state index contributed by atoms with van der Waals surface area (Å²) < 4.78 is 11.0. The number of nitrogens with zero attached hydrogens (tertiary/aromatic N) is 4. The summed E-state index contributed by atoms with van der Waals surface area (Å²) in [5.74, 6) is -4.07. The first-order chi connectivity index (χ1) is 21.5. The zero-order valence-corrected chi connectivity index (χ0v) is 26.1. The number of nitrogens with one attached hydrogen (secondary N) is 3. The fraction of sp³-hybridized carbons (Fsp3) is 0.778. The fourth-order valence-electron chi connectivity index (χ4n) is 4.56. The maximum atomic E-state index is 12.9. The van der Waals surface area contributed by atoms with Gasteiger partial charge in [0.25, 0.3) is 0 Å². The molecule has 0 aliphatic carbocycles. The third kappa shape index (κ3) is 18.3. The van der Waals surface area contributed by atoms with Gasteiger partial charge < -0.3 is 45.5 Å². The maximum absolute atomic E-state index is 12.9. The second-order valence-electron chi connectivity index (χ2n) is 10.6. The van der Waals surface area contributed by atoms with Gasteiger partial charge in [-0.25, -0.2) is 0 Å². The van der Waals surface area contributed by atoms with Crippen molar-refractivity contribution in [3.63, 3.8) is 0 Å². The van der Waals surface area contributed by atoms with Gasteiger partial charge in [0.15, 0.2) is 0 Å². The number of amides is 2. The van der Waals surface area contributed by atoms with E-state index in [2.05, 4.69) is 16.0 Å². The Morgan fingerprint density at radius 1 is 0.822 bits per heavy atom. The third-order valence-electron chi connectivity index (χ3n) is 6.65. The maximum Gasteiger partial charge on any atom is 0.321 e. The number of ether oxygens (including phenoxy) is 2. The first kappa shape index (κ1) is 39.8. The highest BCUT2D eigenvalue weighted by Gasteiger charge is 2.32. The molecule has 258 valence electrons. The summed E-state index contributed by atoms with van der Waals surface area (Å²) >= 11 is 0. The number of hydrogen-bond donors (Lipinski definition) is 6. The van der Waals surface area contributed by atoms with E-state index in [1.165, 1.54) is 4.90 Å². The Hall–Kier alpha value is -3.26. The van der Waals surface area contributed by atoms with Gasteiger partial charge in [-0.15, -0.1) is 0 Å². The van der Waals surface area contributed by atoms with E-state index in [1.807, 2.05) is 11.8 Å². The lowest BCUT2D eigenvalue weighted by atomic mass is 10.1. The lowest BCUT2D eigenvalue weighted by molar-refractivity contribution is -0.150. The molecule has 0 spiro atoms. The highest BCUT2D eigenvalue weighted by atomic mass is 16.5. The Labute approximate surface area is 262 Å². The van der Waals surface area contributed by atoms with Crippen LogP contribution in [0.5, 0.6) is 0 Å². The molecule has 6 N–H and O–H groups in total. The molecule has 2 unspecified atom stereocenters. The van der Waals surface area contributed by atoms with Gasteiger partial charge in [0.2, 0.25) is 11.8 Å². The second-order valence-corrected chi connectivity index (χ2v) is 10.6. The van der Waals surface area contributed by atoms with Crippen LogP contribution in [0.1, 0.15) is 32.6 Å². The molecule has 45 heavy (non-hydrogen) atoms. The Kier molecular flexibility index (Phi) is 20.4. The molecule has 1 rings (SSSR count). The van der Waals surface area contributed by atoms with Crippen LogP contribution in [-0.2, 0) is 38.2 Å². The van der Waals surface area contributed by atoms with Crippen molar-refractivity contribution in [3.05, 3.63) is 0 Å². The number of carbonyl (C=O) groups is 6. The Morgan fingerprint density at radius 3 is 2.00 bits per heavy atom. The van der Waals surface area contributed by atoms with Gasteiger partial charge in [0.05, 0.1) is 72.2 Å². The van der Waals surface area contributed by atoms with Gasteiger partial charge >= 0.3 is 17.9 Å². The summed E-state index contributed by atoms with van der Waals surface area (Å²) in [4.78, 5) is 77.0. The van der Waals surface area contributed by atoms with E-state index in [0.29, 0.717) is 25.9 Å². The summed E-state index contributed by atoms with van der Waals surface area (Å²) in [6, 6.07) is -1.77. The molecule has 18 heteroatoms. The van der Waals surface area contributed by atoms with Crippen molar-refractivity contribution in [2.45, 2.75) is 44.7 Å². The second kappa shape index (κ2) is 23.1. The van der Waals surface area contributed by atoms with Crippen molar-refractivity contribution in [2.75, 3.05) is 92.9 Å². The van der Waals surface area contributed by atoms with E-state index in [9.17, 15) is 44.1 Å². The molecule has 1 saturated heterocycles. The average Bonchev–Trinajstić information content (AvgIpc) is 2.95. The molecule has 1 heterocycles. The number of carboxylic acids is 3. The number of rotatable bonds is 24. The minimum atomic E-state index is -1.19. The number of aldehydes is 1. The van der Waals surface area contributed by atoms with Crippen LogP contribution >= 0.6 is 0 Å². The number of aliphatic carboxylic acids is 3. The molecular formula is C27H49N7O11. The SMILES string of the molecule is CCN1CN(CC(=O)O)CN(CC(=O)O)CN(C(CCC(=O)NC(COCCC=O)COCCC(=O)NCCNC)C(=O)O)C1. The molecule has 1 aliphatic rings. The van der Waals surface area contributed by atoms with Gasteiger partial charge in [0, 0.05) is 32.4 Å². The van der Waals surface area contributed by atoms with E-state index >= 15 is 0 Å². The van der Waals surface area contributed by atoms with E-state index in [-0.39, 0.29) is 91.2 Å². The minimum absolute atomic E-state index is 0.0121. The molecule has 1 aliphatic heterocycles. The zero-order valence-electron chi connectivity index (χ0n) is 26.1. The summed E-state index contributed by atoms with van der Waals surface area (Å²) in [7, 11) is 1.77. The number of likely N-dealkylation sites (N-methyl/N-ethyl adjacent to an activating group) is 1. The summed E-state index contributed by atoms with van der Waals surface area (Å²) in [5.41, 5.74) is 0. The van der Waals surface area contributed by atoms with Crippen LogP contribution in [0.15, 0.2) is 0 Å². The van der Waals surface area contributed by atoms with E-state index in [1.54, 1.807) is 16.8 Å². The summed E-state index contributed by atoms with van der Waals surface area (Å²) in [6.45, 7) is 3.15. The largest absolute Gasteiger partial charge is 0.480 e. The van der Waals surface area contributed by atoms with E-state index in [4.69, 9.17) is 9.47 Å². The minimum Gasteiger partial charge on any atom is -0.480 e. The highest BCUT2D eigenvalue weighted by Crippen LogP contribution is 2.14. The number of carboxylic acid groups (broad SMARTS) is 3. The van der Waals surface area contributed by atoms with Crippen LogP contribution in [0.2, 0.25) is 0 Å². The van der Waals surface area contributed by atoms with Gasteiger partial charge in [-0.1, -0.05) is 6.92 Å². The zero-order chi connectivity index (χ0) is 33.6. The highest BCUT2D eigenvalue weighted by molar-refractivity contribution is 5.78. The first-order valence-corrected chi connectivity index (χ1v) is 14.9. The van der Waals surface area contributed by atoms with Crippen LogP contribution in [0.4, 0.5) is 0 Å². The number of hydrogen-bond acceptors (Lipinski definition) is 13. The van der Waals surface area contributed by atoms with Crippen molar-refractivity contribution in [1.29, 1.82) is 0 Å². The fourth-order valence-corrected chi connectivity index (χ4v) is 4.56. The normalized spacial score (nSPS) is 16.7. The standard InChI is InChI=1S/C27H49N7O11/c1-3-31-17-32(13-25(38)39)18-33(14-26(40)41)20-34(19-31)22(27(42)43)5-6-24(37)30-21(15-44-11-4-10-35)16-45-12-7-23(36)29-9-8-28-2/h10,21-22,28H,3-9,11-20H2,1-2H3,(H,29,36)(H,30,37)(H,38,39)(H,40,41)(H,42,43). The number of carbonyl (C=O) groups excluding carboxylic acids is 3. The van der Waals surface area contributed by atoms with Crippen molar-refractivity contribution in [3.8, 4) is 0 Å². The molecule has 0 bridgehead atoms. The lowest BCUT2D eigenvalue weighted by Gasteiger charge is -2.42. The predicted octanol–water partition coefficient (Wildman–Crippen LogP) is -2.71.